The number of carbonyl (C=O) groups excluding carboxylic acids is 2. The Kier molecular flexibility index (Phi) is 9.21. The highest BCUT2D eigenvalue weighted by atomic mass is 16.6. The molecule has 3 aromatic rings. The summed E-state index contributed by atoms with van der Waals surface area (Å²) in [7, 11) is 1.59. The average Bonchev–Trinajstić information content (AvgIpc) is 3.26. The first-order valence-corrected chi connectivity index (χ1v) is 12.8. The minimum atomic E-state index is -1.04. The Hall–Kier alpha value is -4.04. The molecule has 0 aromatic heterocycles. The lowest BCUT2D eigenvalue weighted by Crippen LogP contribution is -2.44. The lowest BCUT2D eigenvalue weighted by Gasteiger charge is -2.27. The summed E-state index contributed by atoms with van der Waals surface area (Å²) < 4.78 is 16.2. The number of nitrogens with one attached hydrogen (secondary N) is 1. The lowest BCUT2D eigenvalue weighted by molar-refractivity contribution is 0.0151. The van der Waals surface area contributed by atoms with Crippen molar-refractivity contribution in [2.75, 3.05) is 20.3 Å². The Bertz CT molecular complexity index is 1180. The molecule has 1 aliphatic rings. The fraction of sp³-hybridized carbons (Fsp3) is 0.333. The monoisotopic (exact) mass is 518 g/mol. The van der Waals surface area contributed by atoms with E-state index in [2.05, 4.69) is 5.32 Å². The van der Waals surface area contributed by atoms with Crippen molar-refractivity contribution in [1.82, 2.24) is 10.2 Å². The molecular formula is C30H34N2O6. The number of amides is 2. The number of nitrogens with zero attached hydrogens (tertiary/aromatic N) is 1. The predicted octanol–water partition coefficient (Wildman–Crippen LogP) is 4.79. The van der Waals surface area contributed by atoms with E-state index in [9.17, 15) is 14.7 Å². The van der Waals surface area contributed by atoms with Crippen LogP contribution in [0.25, 0.3) is 11.1 Å². The molecule has 8 heteroatoms. The quantitative estimate of drug-likeness (QED) is 0.423. The molecule has 0 aliphatic carbocycles. The molecule has 0 bridgehead atoms. The van der Waals surface area contributed by atoms with E-state index in [4.69, 9.17) is 14.2 Å². The highest BCUT2D eigenvalue weighted by molar-refractivity contribution is 5.70. The summed E-state index contributed by atoms with van der Waals surface area (Å²) in [6, 6.07) is 24.8. The molecule has 0 spiro atoms. The van der Waals surface area contributed by atoms with E-state index in [0.29, 0.717) is 18.6 Å². The van der Waals surface area contributed by atoms with Crippen molar-refractivity contribution >= 4 is 12.2 Å². The van der Waals surface area contributed by atoms with Crippen molar-refractivity contribution in [2.45, 2.75) is 44.6 Å². The number of hydrogen-bond acceptors (Lipinski definition) is 6. The van der Waals surface area contributed by atoms with Crippen molar-refractivity contribution in [3.8, 4) is 16.9 Å². The van der Waals surface area contributed by atoms with Crippen LogP contribution in [0.4, 0.5) is 9.59 Å². The predicted molar refractivity (Wildman–Crippen MR) is 144 cm³/mol. The van der Waals surface area contributed by atoms with Gasteiger partial charge in [-0.2, -0.15) is 0 Å². The van der Waals surface area contributed by atoms with Crippen molar-refractivity contribution in [3.05, 3.63) is 90.0 Å². The number of benzene rings is 3. The van der Waals surface area contributed by atoms with E-state index in [-0.39, 0.29) is 19.7 Å². The average molecular weight is 519 g/mol. The molecule has 0 radical (unpaired) electrons. The second-order valence-corrected chi connectivity index (χ2v) is 9.24. The fourth-order valence-electron chi connectivity index (χ4n) is 4.53. The number of rotatable bonds is 9. The maximum absolute atomic E-state index is 12.7. The summed E-state index contributed by atoms with van der Waals surface area (Å²) in [6.45, 7) is 2.46. The third kappa shape index (κ3) is 6.83. The van der Waals surface area contributed by atoms with Gasteiger partial charge in [0.15, 0.2) is 6.10 Å². The van der Waals surface area contributed by atoms with E-state index >= 15 is 0 Å². The third-order valence-electron chi connectivity index (χ3n) is 6.55. The van der Waals surface area contributed by atoms with Crippen LogP contribution in [0.15, 0.2) is 78.9 Å². The summed E-state index contributed by atoms with van der Waals surface area (Å²) in [4.78, 5) is 26.9. The molecule has 38 heavy (non-hydrogen) atoms. The first-order chi connectivity index (χ1) is 18.5. The zero-order valence-electron chi connectivity index (χ0n) is 21.7. The van der Waals surface area contributed by atoms with Gasteiger partial charge in [0.2, 0.25) is 0 Å². The zero-order valence-corrected chi connectivity index (χ0v) is 21.7. The standard InChI is InChI=1S/C30H34N2O6/c1-3-17-37-30(35)32-20-27(33)28(26(32)18-21-11-15-25(36-2)16-12-21)38-29(34)31-19-22-9-13-24(14-10-22)23-7-5-4-6-8-23/h4-16,26-28,33H,3,17-20H2,1-2H3,(H,31,34)/t26-,27+,28+/m1/s1. The Morgan fingerprint density at radius 3 is 2.26 bits per heavy atom. The molecule has 4 rings (SSSR count). The maximum Gasteiger partial charge on any atom is 0.410 e. The van der Waals surface area contributed by atoms with Gasteiger partial charge in [0.1, 0.15) is 11.9 Å². The second kappa shape index (κ2) is 13.0. The normalized spacial score (nSPS) is 18.6. The number of methoxy groups -OCH3 is 1. The van der Waals surface area contributed by atoms with Gasteiger partial charge in [-0.15, -0.1) is 0 Å². The second-order valence-electron chi connectivity index (χ2n) is 9.24. The number of likely N-dealkylation sites (tertiary alicyclic amines) is 1. The van der Waals surface area contributed by atoms with Crippen LogP contribution in [0, 0.1) is 0 Å². The van der Waals surface area contributed by atoms with Crippen LogP contribution >= 0.6 is 0 Å². The largest absolute Gasteiger partial charge is 0.497 e. The van der Waals surface area contributed by atoms with Gasteiger partial charge in [-0.05, 0) is 47.2 Å². The van der Waals surface area contributed by atoms with Crippen LogP contribution in [0.2, 0.25) is 0 Å². The molecule has 2 amide bonds. The van der Waals surface area contributed by atoms with Crippen LogP contribution in [-0.2, 0) is 22.4 Å². The molecule has 0 unspecified atom stereocenters. The first kappa shape index (κ1) is 27.0. The zero-order chi connectivity index (χ0) is 26.9. The van der Waals surface area contributed by atoms with Gasteiger partial charge >= 0.3 is 12.2 Å². The van der Waals surface area contributed by atoms with Crippen molar-refractivity contribution < 1.29 is 28.9 Å². The molecular weight excluding hydrogens is 484 g/mol. The maximum atomic E-state index is 12.7. The van der Waals surface area contributed by atoms with E-state index in [0.717, 1.165) is 22.3 Å². The van der Waals surface area contributed by atoms with E-state index in [1.807, 2.05) is 85.8 Å². The number of aliphatic hydroxyl groups is 1. The molecule has 1 fully saturated rings. The van der Waals surface area contributed by atoms with Crippen LogP contribution < -0.4 is 10.1 Å². The van der Waals surface area contributed by atoms with Gasteiger partial charge in [0.05, 0.1) is 26.3 Å². The molecule has 8 nitrogen and oxygen atoms in total. The van der Waals surface area contributed by atoms with Gasteiger partial charge in [-0.3, -0.25) is 4.90 Å². The van der Waals surface area contributed by atoms with Crippen LogP contribution in [0.3, 0.4) is 0 Å². The van der Waals surface area contributed by atoms with Gasteiger partial charge in [-0.1, -0.05) is 73.7 Å². The van der Waals surface area contributed by atoms with Crippen LogP contribution in [0.5, 0.6) is 5.75 Å². The van der Waals surface area contributed by atoms with E-state index in [1.54, 1.807) is 7.11 Å². The van der Waals surface area contributed by atoms with Crippen LogP contribution in [-0.4, -0.2) is 60.7 Å². The fourth-order valence-corrected chi connectivity index (χ4v) is 4.53. The Morgan fingerprint density at radius 1 is 0.947 bits per heavy atom. The lowest BCUT2D eigenvalue weighted by atomic mass is 10.0. The smallest absolute Gasteiger partial charge is 0.410 e. The number of aliphatic hydroxyl groups excluding tert-OH is 1. The molecule has 1 heterocycles. The van der Waals surface area contributed by atoms with Gasteiger partial charge in [-0.25, -0.2) is 9.59 Å². The van der Waals surface area contributed by atoms with Gasteiger partial charge in [0, 0.05) is 6.54 Å². The summed E-state index contributed by atoms with van der Waals surface area (Å²) in [6.07, 6.45) is -2.09. The topological polar surface area (TPSA) is 97.3 Å². The summed E-state index contributed by atoms with van der Waals surface area (Å²) >= 11 is 0. The third-order valence-corrected chi connectivity index (χ3v) is 6.55. The number of β-amino-alcohol motifs (C(OH)–C–C–N with tert-alkyl or cyclic N) is 1. The summed E-state index contributed by atoms with van der Waals surface area (Å²) in [5.74, 6) is 0.711. The highest BCUT2D eigenvalue weighted by Crippen LogP contribution is 2.27. The van der Waals surface area contributed by atoms with Gasteiger partial charge in [0.25, 0.3) is 0 Å². The Labute approximate surface area is 223 Å². The van der Waals surface area contributed by atoms with Crippen molar-refractivity contribution in [2.24, 2.45) is 0 Å². The van der Waals surface area contributed by atoms with E-state index < -0.39 is 30.4 Å². The van der Waals surface area contributed by atoms with Crippen molar-refractivity contribution in [1.29, 1.82) is 0 Å². The van der Waals surface area contributed by atoms with E-state index in [1.165, 1.54) is 4.90 Å². The number of ether oxygens (including phenoxy) is 3. The molecule has 0 saturated carbocycles. The number of hydrogen-bond donors (Lipinski definition) is 2. The minimum absolute atomic E-state index is 0.0161. The molecule has 200 valence electrons. The molecule has 2 N–H and O–H groups in total. The first-order valence-electron chi connectivity index (χ1n) is 12.8. The van der Waals surface area contributed by atoms with Gasteiger partial charge < -0.3 is 24.6 Å². The van der Waals surface area contributed by atoms with Crippen molar-refractivity contribution in [3.63, 3.8) is 0 Å². The SMILES string of the molecule is CCCOC(=O)N1C[C@H](O)[C@@H](OC(=O)NCc2ccc(-c3ccccc3)cc2)[C@H]1Cc1ccc(OC)cc1. The molecule has 1 aliphatic heterocycles. The number of alkyl carbamates (subject to hydrolysis) is 1. The van der Waals surface area contributed by atoms with Crippen LogP contribution in [0.1, 0.15) is 24.5 Å². The number of carbonyl (C=O) groups is 2. The summed E-state index contributed by atoms with van der Waals surface area (Å²) in [5.41, 5.74) is 4.02. The summed E-state index contributed by atoms with van der Waals surface area (Å²) in [5, 5.41) is 13.5. The Balaban J connectivity index is 1.40. The molecule has 1 saturated heterocycles. The molecule has 3 atom stereocenters. The minimum Gasteiger partial charge on any atom is -0.497 e. The molecule has 3 aromatic carbocycles. The highest BCUT2D eigenvalue weighted by Gasteiger charge is 2.46. The Morgan fingerprint density at radius 2 is 1.61 bits per heavy atom.